The summed E-state index contributed by atoms with van der Waals surface area (Å²) in [4.78, 5) is 12.3. The lowest BCUT2D eigenvalue weighted by Crippen LogP contribution is -2.29. The number of ketones is 1. The Morgan fingerprint density at radius 3 is 2.72 bits per heavy atom. The molecule has 1 aliphatic rings. The Bertz CT molecular complexity index is 452. The molecule has 1 heterocycles. The number of aryl methyl sites for hydroxylation is 1. The molecular weight excluding hydrogens is 226 g/mol. The lowest BCUT2D eigenvalue weighted by atomic mass is 9.85. The Morgan fingerprint density at radius 2 is 2.17 bits per heavy atom. The van der Waals surface area contributed by atoms with Crippen molar-refractivity contribution in [3.63, 3.8) is 0 Å². The van der Waals surface area contributed by atoms with E-state index in [0.717, 1.165) is 30.6 Å². The van der Waals surface area contributed by atoms with Crippen LogP contribution in [0.4, 0.5) is 0 Å². The van der Waals surface area contributed by atoms with E-state index >= 15 is 0 Å². The number of carbonyl (C=O) groups excluding carboxylic acids is 1. The Morgan fingerprint density at radius 1 is 1.44 bits per heavy atom. The minimum Gasteiger partial charge on any atom is -0.381 e. The van der Waals surface area contributed by atoms with Crippen molar-refractivity contribution in [1.82, 2.24) is 0 Å². The van der Waals surface area contributed by atoms with E-state index in [0.29, 0.717) is 6.61 Å². The molecular formula is C15H17NO2. The summed E-state index contributed by atoms with van der Waals surface area (Å²) in [6, 6.07) is 9.73. The topological polar surface area (TPSA) is 50.1 Å². The highest BCUT2D eigenvalue weighted by Gasteiger charge is 2.29. The van der Waals surface area contributed by atoms with E-state index in [2.05, 4.69) is 6.07 Å². The van der Waals surface area contributed by atoms with Crippen LogP contribution in [0.1, 0.15) is 29.9 Å². The van der Waals surface area contributed by atoms with Crippen LogP contribution in [-0.2, 0) is 9.53 Å². The van der Waals surface area contributed by atoms with Crippen molar-refractivity contribution in [2.24, 2.45) is 5.92 Å². The molecule has 3 nitrogen and oxygen atoms in total. The smallest absolute Gasteiger partial charge is 0.159 e. The van der Waals surface area contributed by atoms with E-state index in [9.17, 15) is 10.1 Å². The number of benzene rings is 1. The van der Waals surface area contributed by atoms with Gasteiger partial charge in [0.05, 0.1) is 12.7 Å². The van der Waals surface area contributed by atoms with Gasteiger partial charge in [0.15, 0.2) is 5.78 Å². The van der Waals surface area contributed by atoms with Crippen LogP contribution in [-0.4, -0.2) is 19.0 Å². The number of hydrogen-bond donors (Lipinski definition) is 0. The number of rotatable bonds is 3. The summed E-state index contributed by atoms with van der Waals surface area (Å²) in [5.41, 5.74) is 1.92. The van der Waals surface area contributed by atoms with Gasteiger partial charge in [0.25, 0.3) is 0 Å². The second kappa shape index (κ2) is 5.79. The first-order valence-electron chi connectivity index (χ1n) is 6.30. The molecule has 2 atom stereocenters. The quantitative estimate of drug-likeness (QED) is 0.820. The first-order valence-corrected chi connectivity index (χ1v) is 6.30. The minimum absolute atomic E-state index is 0.000975. The van der Waals surface area contributed by atoms with Gasteiger partial charge >= 0.3 is 0 Å². The predicted octanol–water partition coefficient (Wildman–Crippen LogP) is 2.60. The van der Waals surface area contributed by atoms with Crippen molar-refractivity contribution < 1.29 is 9.53 Å². The number of hydrogen-bond acceptors (Lipinski definition) is 3. The van der Waals surface area contributed by atoms with Crippen LogP contribution in [0.5, 0.6) is 0 Å². The van der Waals surface area contributed by atoms with Crippen LogP contribution in [0, 0.1) is 24.2 Å². The summed E-state index contributed by atoms with van der Waals surface area (Å²) in [6.45, 7) is 3.18. The third-order valence-electron chi connectivity index (χ3n) is 3.39. The van der Waals surface area contributed by atoms with Gasteiger partial charge in [0, 0.05) is 12.5 Å². The number of nitriles is 1. The van der Waals surface area contributed by atoms with Gasteiger partial charge in [-0.05, 0) is 25.3 Å². The zero-order valence-corrected chi connectivity index (χ0v) is 10.6. The van der Waals surface area contributed by atoms with E-state index in [1.165, 1.54) is 0 Å². The second-order valence-corrected chi connectivity index (χ2v) is 4.79. The highest BCUT2D eigenvalue weighted by atomic mass is 16.5. The van der Waals surface area contributed by atoms with Crippen LogP contribution in [0.25, 0.3) is 0 Å². The number of Topliss-reactive ketones (excluding diaryl/α,β-unsaturated/α-hetero) is 1. The van der Waals surface area contributed by atoms with Crippen LogP contribution in [0.15, 0.2) is 24.3 Å². The Hall–Kier alpha value is -1.66. The third kappa shape index (κ3) is 2.77. The fourth-order valence-corrected chi connectivity index (χ4v) is 2.26. The van der Waals surface area contributed by atoms with Crippen molar-refractivity contribution in [1.29, 1.82) is 5.26 Å². The molecule has 1 fully saturated rings. The molecule has 1 aromatic carbocycles. The molecule has 1 aromatic rings. The summed E-state index contributed by atoms with van der Waals surface area (Å²) in [5, 5.41) is 9.24. The predicted molar refractivity (Wildman–Crippen MR) is 68.1 cm³/mol. The summed E-state index contributed by atoms with van der Waals surface area (Å²) in [5.74, 6) is -0.775. The highest BCUT2D eigenvalue weighted by molar-refractivity contribution is 5.90. The SMILES string of the molecule is Cc1ccc(C(C#N)C(=O)C2CCCOC2)cc1. The molecule has 0 aliphatic carbocycles. The van der Waals surface area contributed by atoms with E-state index in [-0.39, 0.29) is 11.7 Å². The van der Waals surface area contributed by atoms with Crippen molar-refractivity contribution in [3.05, 3.63) is 35.4 Å². The van der Waals surface area contributed by atoms with Crippen molar-refractivity contribution in [2.75, 3.05) is 13.2 Å². The zero-order chi connectivity index (χ0) is 13.0. The van der Waals surface area contributed by atoms with E-state index in [1.807, 2.05) is 31.2 Å². The lowest BCUT2D eigenvalue weighted by molar-refractivity contribution is -0.127. The van der Waals surface area contributed by atoms with E-state index < -0.39 is 5.92 Å². The maximum atomic E-state index is 12.3. The molecule has 0 amide bonds. The minimum atomic E-state index is -0.655. The van der Waals surface area contributed by atoms with Crippen LogP contribution in [0.3, 0.4) is 0 Å². The summed E-state index contributed by atoms with van der Waals surface area (Å²) >= 11 is 0. The van der Waals surface area contributed by atoms with Crippen LogP contribution in [0.2, 0.25) is 0 Å². The molecule has 2 unspecified atom stereocenters. The molecule has 0 saturated carbocycles. The molecule has 2 rings (SSSR count). The van der Waals surface area contributed by atoms with Gasteiger partial charge in [0.2, 0.25) is 0 Å². The second-order valence-electron chi connectivity index (χ2n) is 4.79. The number of ether oxygens (including phenoxy) is 1. The third-order valence-corrected chi connectivity index (χ3v) is 3.39. The molecule has 0 spiro atoms. The maximum absolute atomic E-state index is 12.3. The van der Waals surface area contributed by atoms with Gasteiger partial charge in [-0.15, -0.1) is 0 Å². The molecule has 0 radical (unpaired) electrons. The van der Waals surface area contributed by atoms with Crippen molar-refractivity contribution in [2.45, 2.75) is 25.7 Å². The van der Waals surface area contributed by atoms with Crippen LogP contribution < -0.4 is 0 Å². The molecule has 18 heavy (non-hydrogen) atoms. The lowest BCUT2D eigenvalue weighted by Gasteiger charge is -2.22. The standard InChI is InChI=1S/C15H17NO2/c1-11-4-6-12(7-5-11)14(9-16)15(17)13-3-2-8-18-10-13/h4-7,13-14H,2-3,8,10H2,1H3. The summed E-state index contributed by atoms with van der Waals surface area (Å²) in [7, 11) is 0. The largest absolute Gasteiger partial charge is 0.381 e. The normalized spacial score (nSPS) is 21.0. The van der Waals surface area contributed by atoms with Gasteiger partial charge in [-0.25, -0.2) is 0 Å². The molecule has 1 aliphatic heterocycles. The molecule has 0 bridgehead atoms. The first kappa shape index (κ1) is 12.8. The summed E-state index contributed by atoms with van der Waals surface area (Å²) < 4.78 is 5.32. The highest BCUT2D eigenvalue weighted by Crippen LogP contribution is 2.25. The summed E-state index contributed by atoms with van der Waals surface area (Å²) in [6.07, 6.45) is 1.74. The van der Waals surface area contributed by atoms with E-state index in [1.54, 1.807) is 0 Å². The zero-order valence-electron chi connectivity index (χ0n) is 10.6. The van der Waals surface area contributed by atoms with Gasteiger partial charge in [0.1, 0.15) is 5.92 Å². The van der Waals surface area contributed by atoms with Gasteiger partial charge in [-0.2, -0.15) is 5.26 Å². The monoisotopic (exact) mass is 243 g/mol. The average molecular weight is 243 g/mol. The Balaban J connectivity index is 2.15. The maximum Gasteiger partial charge on any atom is 0.159 e. The first-order chi connectivity index (χ1) is 8.72. The number of nitrogens with zero attached hydrogens (tertiary/aromatic N) is 1. The van der Waals surface area contributed by atoms with Crippen LogP contribution >= 0.6 is 0 Å². The van der Waals surface area contributed by atoms with Gasteiger partial charge in [-0.1, -0.05) is 29.8 Å². The van der Waals surface area contributed by atoms with Crippen molar-refractivity contribution in [3.8, 4) is 6.07 Å². The number of carbonyl (C=O) groups is 1. The molecule has 1 saturated heterocycles. The Labute approximate surface area is 107 Å². The van der Waals surface area contributed by atoms with Gasteiger partial charge < -0.3 is 4.74 Å². The fourth-order valence-electron chi connectivity index (χ4n) is 2.26. The van der Waals surface area contributed by atoms with Gasteiger partial charge in [-0.3, -0.25) is 4.79 Å². The molecule has 0 aromatic heterocycles. The Kier molecular flexibility index (Phi) is 4.11. The van der Waals surface area contributed by atoms with E-state index in [4.69, 9.17) is 4.74 Å². The molecule has 94 valence electrons. The fraction of sp³-hybridized carbons (Fsp3) is 0.467. The molecule has 3 heteroatoms. The van der Waals surface area contributed by atoms with Crippen molar-refractivity contribution >= 4 is 5.78 Å². The average Bonchev–Trinajstić information content (AvgIpc) is 2.42. The molecule has 0 N–H and O–H groups in total.